The van der Waals surface area contributed by atoms with Crippen molar-refractivity contribution in [2.24, 2.45) is 0 Å². The summed E-state index contributed by atoms with van der Waals surface area (Å²) >= 11 is 1.10. The Morgan fingerprint density at radius 3 is 2.69 bits per heavy atom. The first-order valence-corrected chi connectivity index (χ1v) is 12.3. The van der Waals surface area contributed by atoms with Gasteiger partial charge in [-0.15, -0.1) is 11.3 Å². The highest BCUT2D eigenvalue weighted by atomic mass is 32.1. The summed E-state index contributed by atoms with van der Waals surface area (Å²) in [5, 5.41) is 2.99. The highest BCUT2D eigenvalue weighted by molar-refractivity contribution is 7.20. The van der Waals surface area contributed by atoms with Gasteiger partial charge in [0.05, 0.1) is 12.5 Å². The lowest BCUT2D eigenvalue weighted by atomic mass is 10.1. The van der Waals surface area contributed by atoms with E-state index in [4.69, 9.17) is 9.47 Å². The smallest absolute Gasteiger partial charge is 0.349 e. The molecular weight excluding hydrogens is 470 g/mol. The number of hydrogen-bond acceptors (Lipinski definition) is 8. The first-order valence-electron chi connectivity index (χ1n) is 11.5. The summed E-state index contributed by atoms with van der Waals surface area (Å²) in [6.45, 7) is 1.74. The van der Waals surface area contributed by atoms with Gasteiger partial charge in [-0.1, -0.05) is 36.8 Å². The molecule has 10 heteroatoms. The molecule has 0 bridgehead atoms. The zero-order chi connectivity index (χ0) is 24.9. The molecule has 9 nitrogen and oxygen atoms in total. The molecule has 1 N–H and O–H groups in total. The number of methoxy groups -OCH3 is 1. The second kappa shape index (κ2) is 10.8. The first-order chi connectivity index (χ1) is 16.9. The number of nitrogens with one attached hydrogen (secondary N) is 1. The van der Waals surface area contributed by atoms with Crippen molar-refractivity contribution in [1.29, 1.82) is 0 Å². The van der Waals surface area contributed by atoms with E-state index >= 15 is 0 Å². The second-order valence-electron chi connectivity index (χ2n) is 8.44. The molecule has 35 heavy (non-hydrogen) atoms. The fraction of sp³-hybridized carbons (Fsp3) is 0.400. The summed E-state index contributed by atoms with van der Waals surface area (Å²) in [5.41, 5.74) is 1.21. The van der Waals surface area contributed by atoms with Crippen LogP contribution in [0.25, 0.3) is 10.2 Å². The highest BCUT2D eigenvalue weighted by Gasteiger charge is 2.25. The molecule has 184 valence electrons. The lowest BCUT2D eigenvalue weighted by Crippen LogP contribution is -2.44. The molecule has 0 saturated carbocycles. The lowest BCUT2D eigenvalue weighted by molar-refractivity contribution is -0.145. The van der Waals surface area contributed by atoms with Crippen LogP contribution >= 0.6 is 11.3 Å². The normalized spacial score (nSPS) is 14.0. The van der Waals surface area contributed by atoms with Gasteiger partial charge in [0.25, 0.3) is 11.5 Å². The van der Waals surface area contributed by atoms with Gasteiger partial charge in [-0.25, -0.2) is 14.6 Å². The Hall–Kier alpha value is -3.53. The summed E-state index contributed by atoms with van der Waals surface area (Å²) < 4.78 is 11.7. The molecule has 0 aliphatic carbocycles. The van der Waals surface area contributed by atoms with E-state index in [1.165, 1.54) is 7.11 Å². The predicted molar refractivity (Wildman–Crippen MR) is 131 cm³/mol. The number of rotatable bonds is 7. The fourth-order valence-electron chi connectivity index (χ4n) is 4.22. The molecule has 0 radical (unpaired) electrons. The van der Waals surface area contributed by atoms with Crippen LogP contribution in [0.15, 0.2) is 35.1 Å². The molecule has 1 amide bonds. The van der Waals surface area contributed by atoms with Crippen LogP contribution in [-0.4, -0.2) is 47.2 Å². The van der Waals surface area contributed by atoms with E-state index in [1.807, 2.05) is 30.3 Å². The van der Waals surface area contributed by atoms with Crippen molar-refractivity contribution < 1.29 is 23.9 Å². The second-order valence-corrected chi connectivity index (χ2v) is 9.44. The van der Waals surface area contributed by atoms with Crippen LogP contribution in [0.3, 0.4) is 0 Å². The average Bonchev–Trinajstić information content (AvgIpc) is 3.02. The third-order valence-corrected chi connectivity index (χ3v) is 7.20. The molecule has 0 fully saturated rings. The molecule has 1 aliphatic heterocycles. The topological polar surface area (TPSA) is 117 Å². The van der Waals surface area contributed by atoms with Crippen molar-refractivity contribution in [3.8, 4) is 0 Å². The Kier molecular flexibility index (Phi) is 7.60. The molecule has 3 heterocycles. The SMILES string of the molecule is COC(=O)C(Cc1ccccc1)NC(=O)COC(=O)c1sc2nc3n(c(=O)c2c1C)CCCCC3. The van der Waals surface area contributed by atoms with E-state index in [0.717, 1.165) is 48.4 Å². The van der Waals surface area contributed by atoms with Gasteiger partial charge < -0.3 is 14.8 Å². The predicted octanol–water partition coefficient (Wildman–Crippen LogP) is 2.55. The van der Waals surface area contributed by atoms with Crippen LogP contribution in [-0.2, 0) is 38.4 Å². The largest absolute Gasteiger partial charge is 0.467 e. The van der Waals surface area contributed by atoms with E-state index in [0.29, 0.717) is 22.3 Å². The van der Waals surface area contributed by atoms with Crippen molar-refractivity contribution in [2.45, 2.75) is 51.6 Å². The number of aryl methyl sites for hydroxylation is 2. The molecule has 2 aromatic heterocycles. The maximum atomic E-state index is 13.1. The minimum absolute atomic E-state index is 0.140. The third kappa shape index (κ3) is 5.43. The molecule has 1 unspecified atom stereocenters. The van der Waals surface area contributed by atoms with Crippen LogP contribution in [0.4, 0.5) is 0 Å². The van der Waals surface area contributed by atoms with Crippen molar-refractivity contribution >= 4 is 39.4 Å². The molecule has 4 rings (SSSR count). The number of thiophene rings is 1. The van der Waals surface area contributed by atoms with Gasteiger partial charge in [0.2, 0.25) is 0 Å². The number of hydrogen-bond donors (Lipinski definition) is 1. The number of fused-ring (bicyclic) bond motifs is 2. The van der Waals surface area contributed by atoms with Crippen LogP contribution in [0, 0.1) is 6.92 Å². The summed E-state index contributed by atoms with van der Waals surface area (Å²) in [5.74, 6) is -1.20. The minimum atomic E-state index is -0.917. The molecule has 0 spiro atoms. The number of carbonyl (C=O) groups excluding carboxylic acids is 3. The van der Waals surface area contributed by atoms with E-state index < -0.39 is 30.5 Å². The Bertz CT molecular complexity index is 1310. The van der Waals surface area contributed by atoms with E-state index in [-0.39, 0.29) is 16.9 Å². The molecule has 1 aromatic carbocycles. The van der Waals surface area contributed by atoms with Crippen molar-refractivity contribution in [1.82, 2.24) is 14.9 Å². The maximum absolute atomic E-state index is 13.1. The van der Waals surface area contributed by atoms with Crippen LogP contribution in [0.2, 0.25) is 0 Å². The molecule has 1 atom stereocenters. The highest BCUT2D eigenvalue weighted by Crippen LogP contribution is 2.29. The summed E-state index contributed by atoms with van der Waals surface area (Å²) in [6, 6.07) is 8.27. The van der Waals surface area contributed by atoms with Crippen molar-refractivity contribution in [3.63, 3.8) is 0 Å². The molecule has 3 aromatic rings. The molecule has 1 aliphatic rings. The molecule has 0 saturated heterocycles. The van der Waals surface area contributed by atoms with E-state index in [9.17, 15) is 19.2 Å². The number of ether oxygens (including phenoxy) is 2. The van der Waals surface area contributed by atoms with E-state index in [1.54, 1.807) is 11.5 Å². The van der Waals surface area contributed by atoms with Gasteiger partial charge in [-0.3, -0.25) is 14.2 Å². The number of amides is 1. The Morgan fingerprint density at radius 1 is 1.17 bits per heavy atom. The van der Waals surface area contributed by atoms with Crippen LogP contribution in [0.5, 0.6) is 0 Å². The van der Waals surface area contributed by atoms with Gasteiger partial charge in [0, 0.05) is 19.4 Å². The Labute approximate surface area is 206 Å². The first kappa shape index (κ1) is 24.6. The standard InChI is InChI=1S/C25H27N3O6S/c1-15-20-22(27-18-11-7-4-8-12-28(18)23(20)30)35-21(15)25(32)34-14-19(29)26-17(24(31)33-2)13-16-9-5-3-6-10-16/h3,5-6,9-10,17H,4,7-8,11-14H2,1-2H3,(H,26,29). The van der Waals surface area contributed by atoms with Gasteiger partial charge in [-0.05, 0) is 30.9 Å². The maximum Gasteiger partial charge on any atom is 0.349 e. The molecular formula is C25H27N3O6S. The quantitative estimate of drug-likeness (QED) is 0.499. The number of aromatic nitrogens is 2. The van der Waals surface area contributed by atoms with Crippen molar-refractivity contribution in [3.05, 3.63) is 62.5 Å². The fourth-order valence-corrected chi connectivity index (χ4v) is 5.31. The number of carbonyl (C=O) groups is 3. The van der Waals surface area contributed by atoms with Gasteiger partial charge in [-0.2, -0.15) is 0 Å². The van der Waals surface area contributed by atoms with Crippen LogP contribution < -0.4 is 10.9 Å². The summed E-state index contributed by atoms with van der Waals surface area (Å²) in [6.07, 6.45) is 3.92. The zero-order valence-electron chi connectivity index (χ0n) is 19.7. The number of esters is 2. The Morgan fingerprint density at radius 2 is 1.94 bits per heavy atom. The monoisotopic (exact) mass is 497 g/mol. The van der Waals surface area contributed by atoms with Gasteiger partial charge in [0.15, 0.2) is 6.61 Å². The average molecular weight is 498 g/mol. The van der Waals surface area contributed by atoms with Crippen LogP contribution in [0.1, 0.15) is 45.9 Å². The van der Waals surface area contributed by atoms with E-state index in [2.05, 4.69) is 10.3 Å². The van der Waals surface area contributed by atoms with Crippen molar-refractivity contribution in [2.75, 3.05) is 13.7 Å². The lowest BCUT2D eigenvalue weighted by Gasteiger charge is -2.16. The zero-order valence-corrected chi connectivity index (χ0v) is 20.5. The number of benzene rings is 1. The third-order valence-electron chi connectivity index (χ3n) is 6.03. The van der Waals surface area contributed by atoms with Gasteiger partial charge in [0.1, 0.15) is 21.6 Å². The van der Waals surface area contributed by atoms with Gasteiger partial charge >= 0.3 is 11.9 Å². The minimum Gasteiger partial charge on any atom is -0.467 e. The number of nitrogens with zero attached hydrogens (tertiary/aromatic N) is 2. The summed E-state index contributed by atoms with van der Waals surface area (Å²) in [4.78, 5) is 55.8. The summed E-state index contributed by atoms with van der Waals surface area (Å²) in [7, 11) is 1.24. The Balaban J connectivity index is 1.45.